The summed E-state index contributed by atoms with van der Waals surface area (Å²) in [7, 11) is 0. The van der Waals surface area contributed by atoms with E-state index in [1.54, 1.807) is 0 Å². The van der Waals surface area contributed by atoms with Gasteiger partial charge in [-0.05, 0) is 84.7 Å². The third-order valence-electron chi connectivity index (χ3n) is 8.28. The van der Waals surface area contributed by atoms with E-state index in [9.17, 15) is 14.4 Å². The molecule has 2 aliphatic rings. The summed E-state index contributed by atoms with van der Waals surface area (Å²) in [5, 5.41) is 3.34. The van der Waals surface area contributed by atoms with E-state index in [1.165, 1.54) is 5.56 Å². The van der Waals surface area contributed by atoms with Gasteiger partial charge in [0.15, 0.2) is 0 Å². The minimum atomic E-state index is -0.589. The number of ether oxygens (including phenoxy) is 2. The smallest absolute Gasteiger partial charge is 0.310 e. The number of esters is 2. The summed E-state index contributed by atoms with van der Waals surface area (Å²) in [4.78, 5) is 41.8. The fourth-order valence-electron chi connectivity index (χ4n) is 6.19. The highest BCUT2D eigenvalue weighted by molar-refractivity contribution is 5.84. The number of rotatable bonds is 12. The first kappa shape index (κ1) is 31.1. The number of carbonyl (C=O) groups is 3. The Morgan fingerprint density at radius 2 is 1.67 bits per heavy atom. The Morgan fingerprint density at radius 3 is 2.23 bits per heavy atom. The number of nitrogens with one attached hydrogen (secondary N) is 1. The minimum Gasteiger partial charge on any atom is -0.466 e. The zero-order valence-electron chi connectivity index (χ0n) is 24.8. The molecular formula is C32H50N2O5. The minimum absolute atomic E-state index is 0.0610. The number of hydrogen-bond donors (Lipinski definition) is 1. The van der Waals surface area contributed by atoms with Crippen molar-refractivity contribution in [2.75, 3.05) is 19.7 Å². The van der Waals surface area contributed by atoms with Crippen LogP contribution in [0.2, 0.25) is 0 Å². The maximum absolute atomic E-state index is 13.9. The summed E-state index contributed by atoms with van der Waals surface area (Å²) in [6.07, 6.45) is 7.10. The van der Waals surface area contributed by atoms with Gasteiger partial charge in [-0.3, -0.25) is 19.3 Å². The van der Waals surface area contributed by atoms with Crippen LogP contribution in [-0.2, 0) is 30.4 Å². The second-order valence-electron chi connectivity index (χ2n) is 12.5. The van der Waals surface area contributed by atoms with Crippen LogP contribution in [-0.4, -0.2) is 54.1 Å². The van der Waals surface area contributed by atoms with Crippen molar-refractivity contribution < 1.29 is 23.9 Å². The molecule has 2 aliphatic carbocycles. The maximum Gasteiger partial charge on any atom is 0.310 e. The van der Waals surface area contributed by atoms with E-state index < -0.39 is 16.9 Å². The predicted octanol–water partition coefficient (Wildman–Crippen LogP) is 5.66. The van der Waals surface area contributed by atoms with Crippen molar-refractivity contribution in [2.45, 2.75) is 111 Å². The van der Waals surface area contributed by atoms with Crippen LogP contribution < -0.4 is 5.32 Å². The Bertz CT molecular complexity index is 928. The molecule has 218 valence electrons. The quantitative estimate of drug-likeness (QED) is 0.343. The van der Waals surface area contributed by atoms with Crippen molar-refractivity contribution in [3.63, 3.8) is 0 Å². The van der Waals surface area contributed by atoms with Gasteiger partial charge in [0.25, 0.3) is 0 Å². The molecule has 2 saturated carbocycles. The predicted molar refractivity (Wildman–Crippen MR) is 153 cm³/mol. The van der Waals surface area contributed by atoms with Crippen molar-refractivity contribution in [3.05, 3.63) is 35.9 Å². The molecule has 0 aromatic heterocycles. The van der Waals surface area contributed by atoms with Crippen LogP contribution in [0.1, 0.15) is 98.0 Å². The van der Waals surface area contributed by atoms with Gasteiger partial charge in [0.2, 0.25) is 5.91 Å². The normalized spacial score (nSPS) is 21.8. The Labute approximate surface area is 235 Å². The third-order valence-corrected chi connectivity index (χ3v) is 8.28. The summed E-state index contributed by atoms with van der Waals surface area (Å²) in [5.41, 5.74) is 0.0502. The standard InChI is InChI=1S/C32H50N2O5/c1-6-34(22-24-13-9-8-10-14-24)23-26(29(36)39-31(3,4)5)21-32(19-11-12-20-32)30(37)33-27-17-15-25(16-18-27)28(35)38-7-2/h8-10,13-14,25-27H,6-7,11-12,15-23H2,1-5H3,(H,33,37). The topological polar surface area (TPSA) is 84.9 Å². The molecule has 1 N–H and O–H groups in total. The molecule has 0 aliphatic heterocycles. The lowest BCUT2D eigenvalue weighted by Gasteiger charge is -2.36. The van der Waals surface area contributed by atoms with Crippen molar-refractivity contribution >= 4 is 17.8 Å². The largest absolute Gasteiger partial charge is 0.466 e. The van der Waals surface area contributed by atoms with E-state index in [-0.39, 0.29) is 29.8 Å². The molecule has 1 atom stereocenters. The van der Waals surface area contributed by atoms with Gasteiger partial charge in [-0.2, -0.15) is 0 Å². The first-order valence-electron chi connectivity index (χ1n) is 15.0. The highest BCUT2D eigenvalue weighted by Crippen LogP contribution is 2.44. The monoisotopic (exact) mass is 542 g/mol. The van der Waals surface area contributed by atoms with Crippen LogP contribution in [0.5, 0.6) is 0 Å². The molecule has 1 unspecified atom stereocenters. The first-order valence-corrected chi connectivity index (χ1v) is 15.0. The number of hydrogen-bond acceptors (Lipinski definition) is 6. The van der Waals surface area contributed by atoms with Gasteiger partial charge in [0.05, 0.1) is 23.9 Å². The lowest BCUT2D eigenvalue weighted by Crippen LogP contribution is -2.48. The molecule has 0 radical (unpaired) electrons. The van der Waals surface area contributed by atoms with E-state index in [0.717, 1.165) is 64.5 Å². The van der Waals surface area contributed by atoms with E-state index in [4.69, 9.17) is 9.47 Å². The third kappa shape index (κ3) is 9.33. The molecule has 0 bridgehead atoms. The molecule has 0 spiro atoms. The SMILES string of the molecule is CCOC(=O)C1CCC(NC(=O)C2(CC(CN(CC)Cc3ccccc3)C(=O)OC(C)(C)C)CCCC2)CC1. The highest BCUT2D eigenvalue weighted by atomic mass is 16.6. The molecule has 1 aromatic carbocycles. The van der Waals surface area contributed by atoms with Gasteiger partial charge < -0.3 is 14.8 Å². The van der Waals surface area contributed by atoms with E-state index >= 15 is 0 Å². The summed E-state index contributed by atoms with van der Waals surface area (Å²) in [5.74, 6) is -0.732. The van der Waals surface area contributed by atoms with Gasteiger partial charge in [0, 0.05) is 19.1 Å². The van der Waals surface area contributed by atoms with Crippen LogP contribution in [0, 0.1) is 17.3 Å². The summed E-state index contributed by atoms with van der Waals surface area (Å²) in [6, 6.07) is 10.3. The molecular weight excluding hydrogens is 492 g/mol. The average Bonchev–Trinajstić information content (AvgIpc) is 3.38. The lowest BCUT2D eigenvalue weighted by atomic mass is 9.75. The molecule has 0 heterocycles. The van der Waals surface area contributed by atoms with Crippen molar-refractivity contribution in [2.24, 2.45) is 17.3 Å². The molecule has 1 aromatic rings. The number of benzene rings is 1. The van der Waals surface area contributed by atoms with Gasteiger partial charge in [-0.1, -0.05) is 50.1 Å². The molecule has 39 heavy (non-hydrogen) atoms. The van der Waals surface area contributed by atoms with Crippen molar-refractivity contribution in [1.29, 1.82) is 0 Å². The zero-order chi connectivity index (χ0) is 28.5. The van der Waals surface area contributed by atoms with E-state index in [1.807, 2.05) is 45.9 Å². The van der Waals surface area contributed by atoms with Crippen LogP contribution in [0.25, 0.3) is 0 Å². The maximum atomic E-state index is 13.9. The van der Waals surface area contributed by atoms with Crippen LogP contribution in [0.15, 0.2) is 30.3 Å². The fraction of sp³-hybridized carbons (Fsp3) is 0.719. The van der Waals surface area contributed by atoms with Crippen molar-refractivity contribution in [3.8, 4) is 0 Å². The Kier molecular flexibility index (Phi) is 11.4. The highest BCUT2D eigenvalue weighted by Gasteiger charge is 2.46. The Hall–Kier alpha value is -2.41. The molecule has 2 fully saturated rings. The summed E-state index contributed by atoms with van der Waals surface area (Å²) in [6.45, 7) is 12.1. The Balaban J connectivity index is 1.71. The van der Waals surface area contributed by atoms with Crippen LogP contribution in [0.3, 0.4) is 0 Å². The lowest BCUT2D eigenvalue weighted by molar-refractivity contribution is -0.162. The average molecular weight is 543 g/mol. The zero-order valence-corrected chi connectivity index (χ0v) is 24.8. The molecule has 0 saturated heterocycles. The Morgan fingerprint density at radius 1 is 1.03 bits per heavy atom. The number of amides is 1. The van der Waals surface area contributed by atoms with Gasteiger partial charge in [-0.15, -0.1) is 0 Å². The second-order valence-corrected chi connectivity index (χ2v) is 12.5. The van der Waals surface area contributed by atoms with Gasteiger partial charge in [0.1, 0.15) is 5.60 Å². The molecule has 7 heteroatoms. The van der Waals surface area contributed by atoms with E-state index in [2.05, 4.69) is 29.3 Å². The van der Waals surface area contributed by atoms with Gasteiger partial charge >= 0.3 is 11.9 Å². The number of nitrogens with zero attached hydrogens (tertiary/aromatic N) is 1. The number of carbonyl (C=O) groups excluding carboxylic acids is 3. The van der Waals surface area contributed by atoms with Crippen LogP contribution in [0.4, 0.5) is 0 Å². The molecule has 3 rings (SSSR count). The second kappa shape index (κ2) is 14.3. The van der Waals surface area contributed by atoms with Gasteiger partial charge in [-0.25, -0.2) is 0 Å². The van der Waals surface area contributed by atoms with E-state index in [0.29, 0.717) is 19.6 Å². The molecule has 1 amide bonds. The van der Waals surface area contributed by atoms with Crippen LogP contribution >= 0.6 is 0 Å². The fourth-order valence-corrected chi connectivity index (χ4v) is 6.19. The molecule has 7 nitrogen and oxygen atoms in total. The summed E-state index contributed by atoms with van der Waals surface area (Å²) < 4.78 is 11.1. The summed E-state index contributed by atoms with van der Waals surface area (Å²) >= 11 is 0. The van der Waals surface area contributed by atoms with Crippen molar-refractivity contribution in [1.82, 2.24) is 10.2 Å². The first-order chi connectivity index (χ1) is 18.5.